The molecule has 1 aromatic heterocycles. The molecule has 1 aromatic rings. The maximum absolute atomic E-state index is 11.4. The molecule has 0 fully saturated rings. The summed E-state index contributed by atoms with van der Waals surface area (Å²) < 4.78 is 26.7. The minimum atomic E-state index is -3.71. The van der Waals surface area contributed by atoms with Crippen molar-refractivity contribution in [3.8, 4) is 6.07 Å². The predicted octanol–water partition coefficient (Wildman–Crippen LogP) is 0.399. The molecular weight excluding hydrogens is 206 g/mol. The van der Waals surface area contributed by atoms with Crippen molar-refractivity contribution in [3.63, 3.8) is 0 Å². The zero-order chi connectivity index (χ0) is 10.8. The van der Waals surface area contributed by atoms with Gasteiger partial charge in [0, 0.05) is 6.26 Å². The first-order valence-electron chi connectivity index (χ1n) is 3.63. The molecule has 1 unspecified atom stereocenters. The van der Waals surface area contributed by atoms with E-state index in [1.807, 2.05) is 0 Å². The highest BCUT2D eigenvalue weighted by molar-refractivity contribution is 7.92. The highest BCUT2D eigenvalue weighted by Gasteiger charge is 2.31. The Balaban J connectivity index is 3.07. The molecule has 0 N–H and O–H groups in total. The average molecular weight is 213 g/mol. The summed E-state index contributed by atoms with van der Waals surface area (Å²) in [4.78, 5) is 11.4. The lowest BCUT2D eigenvalue weighted by atomic mass is 10.2. The van der Waals surface area contributed by atoms with Crippen LogP contribution in [0.1, 0.15) is 10.6 Å². The van der Waals surface area contributed by atoms with Gasteiger partial charge in [-0.15, -0.1) is 0 Å². The van der Waals surface area contributed by atoms with Gasteiger partial charge in [-0.2, -0.15) is 5.26 Å². The first-order chi connectivity index (χ1) is 6.46. The average Bonchev–Trinajstić information content (AvgIpc) is 2.53. The summed E-state index contributed by atoms with van der Waals surface area (Å²) in [5.74, 6) is -0.957. The highest BCUT2D eigenvalue weighted by Crippen LogP contribution is 2.09. The first-order valence-corrected chi connectivity index (χ1v) is 5.58. The molecule has 0 saturated heterocycles. The van der Waals surface area contributed by atoms with Gasteiger partial charge >= 0.3 is 0 Å². The van der Waals surface area contributed by atoms with Gasteiger partial charge in [0.15, 0.2) is 15.6 Å². The monoisotopic (exact) mass is 213 g/mol. The van der Waals surface area contributed by atoms with Crippen molar-refractivity contribution >= 4 is 15.6 Å². The summed E-state index contributed by atoms with van der Waals surface area (Å²) in [6.45, 7) is 0. The number of carbonyl (C=O) groups excluding carboxylic acids is 1. The number of furan rings is 1. The lowest BCUT2D eigenvalue weighted by molar-refractivity contribution is 0.0974. The molecule has 6 heteroatoms. The van der Waals surface area contributed by atoms with E-state index in [0.29, 0.717) is 0 Å². The Morgan fingerprint density at radius 2 is 2.29 bits per heavy atom. The summed E-state index contributed by atoms with van der Waals surface area (Å²) in [6.07, 6.45) is 2.08. The van der Waals surface area contributed by atoms with E-state index < -0.39 is 20.9 Å². The molecule has 0 aromatic carbocycles. The van der Waals surface area contributed by atoms with Gasteiger partial charge in [-0.3, -0.25) is 4.79 Å². The molecule has 1 rings (SSSR count). The Morgan fingerprint density at radius 3 is 2.64 bits per heavy atom. The Kier molecular flexibility index (Phi) is 2.72. The van der Waals surface area contributed by atoms with Crippen molar-refractivity contribution in [2.75, 3.05) is 6.26 Å². The van der Waals surface area contributed by atoms with Crippen LogP contribution in [-0.4, -0.2) is 25.7 Å². The van der Waals surface area contributed by atoms with Gasteiger partial charge < -0.3 is 4.42 Å². The number of nitriles is 1. The number of rotatable bonds is 3. The van der Waals surface area contributed by atoms with E-state index in [0.717, 1.165) is 6.26 Å². The van der Waals surface area contributed by atoms with Crippen molar-refractivity contribution in [2.24, 2.45) is 0 Å². The third-order valence-electron chi connectivity index (χ3n) is 1.55. The number of hydrogen-bond donors (Lipinski definition) is 0. The van der Waals surface area contributed by atoms with Gasteiger partial charge in [-0.25, -0.2) is 8.42 Å². The molecule has 0 aliphatic carbocycles. The summed E-state index contributed by atoms with van der Waals surface area (Å²) >= 11 is 0. The second kappa shape index (κ2) is 3.64. The van der Waals surface area contributed by atoms with Gasteiger partial charge in [0.25, 0.3) is 0 Å². The standard InChI is InChI=1S/C8H7NO4S/c1-14(11,12)7(5-9)8(10)6-3-2-4-13-6/h2-4,7H,1H3. The molecule has 0 aliphatic rings. The van der Waals surface area contributed by atoms with E-state index in [1.165, 1.54) is 24.5 Å². The van der Waals surface area contributed by atoms with Crippen LogP contribution in [-0.2, 0) is 9.84 Å². The van der Waals surface area contributed by atoms with Crippen LogP contribution in [0.15, 0.2) is 22.8 Å². The van der Waals surface area contributed by atoms with Crippen molar-refractivity contribution in [1.29, 1.82) is 5.26 Å². The second-order valence-electron chi connectivity index (χ2n) is 2.68. The number of carbonyl (C=O) groups is 1. The molecule has 14 heavy (non-hydrogen) atoms. The van der Waals surface area contributed by atoms with E-state index in [2.05, 4.69) is 0 Å². The van der Waals surface area contributed by atoms with Crippen LogP contribution < -0.4 is 0 Å². The van der Waals surface area contributed by atoms with Crippen molar-refractivity contribution < 1.29 is 17.6 Å². The molecule has 0 spiro atoms. The molecule has 1 atom stereocenters. The van der Waals surface area contributed by atoms with Crippen LogP contribution in [0, 0.1) is 11.3 Å². The van der Waals surface area contributed by atoms with E-state index >= 15 is 0 Å². The van der Waals surface area contributed by atoms with Crippen LogP contribution in [0.2, 0.25) is 0 Å². The molecule has 74 valence electrons. The summed E-state index contributed by atoms with van der Waals surface area (Å²) in [7, 11) is -3.71. The fraction of sp³-hybridized carbons (Fsp3) is 0.250. The van der Waals surface area contributed by atoms with Crippen molar-refractivity contribution in [2.45, 2.75) is 5.25 Å². The molecule has 0 bridgehead atoms. The van der Waals surface area contributed by atoms with Crippen LogP contribution in [0.25, 0.3) is 0 Å². The van der Waals surface area contributed by atoms with Crippen LogP contribution in [0.4, 0.5) is 0 Å². The lowest BCUT2D eigenvalue weighted by Crippen LogP contribution is -2.27. The normalized spacial score (nSPS) is 13.1. The molecule has 5 nitrogen and oxygen atoms in total. The zero-order valence-electron chi connectivity index (χ0n) is 7.30. The van der Waals surface area contributed by atoms with E-state index in [1.54, 1.807) is 0 Å². The number of ketones is 1. The topological polar surface area (TPSA) is 88.1 Å². The van der Waals surface area contributed by atoms with E-state index in [9.17, 15) is 13.2 Å². The number of nitrogens with zero attached hydrogens (tertiary/aromatic N) is 1. The predicted molar refractivity (Wildman–Crippen MR) is 47.3 cm³/mol. The molecule has 0 aliphatic heterocycles. The SMILES string of the molecule is CS(=O)(=O)C(C#N)C(=O)c1ccco1. The van der Waals surface area contributed by atoms with Crippen molar-refractivity contribution in [3.05, 3.63) is 24.2 Å². The zero-order valence-corrected chi connectivity index (χ0v) is 8.11. The Morgan fingerprint density at radius 1 is 1.64 bits per heavy atom. The third-order valence-corrected chi connectivity index (χ3v) is 2.72. The smallest absolute Gasteiger partial charge is 0.230 e. The molecule has 0 amide bonds. The quantitative estimate of drug-likeness (QED) is 0.678. The maximum Gasteiger partial charge on any atom is 0.230 e. The largest absolute Gasteiger partial charge is 0.461 e. The second-order valence-corrected chi connectivity index (χ2v) is 4.81. The number of sulfone groups is 1. The molecular formula is C8H7NO4S. The first kappa shape index (κ1) is 10.5. The van der Waals surface area contributed by atoms with Crippen LogP contribution >= 0.6 is 0 Å². The van der Waals surface area contributed by atoms with Gasteiger partial charge in [-0.05, 0) is 12.1 Å². The minimum absolute atomic E-state index is 0.123. The minimum Gasteiger partial charge on any atom is -0.461 e. The van der Waals surface area contributed by atoms with Gasteiger partial charge in [0.05, 0.1) is 12.3 Å². The number of hydrogen-bond acceptors (Lipinski definition) is 5. The fourth-order valence-electron chi connectivity index (χ4n) is 0.897. The summed E-state index contributed by atoms with van der Waals surface area (Å²) in [6, 6.07) is 4.20. The maximum atomic E-state index is 11.4. The fourth-order valence-corrected chi connectivity index (χ4v) is 1.59. The molecule has 0 saturated carbocycles. The summed E-state index contributed by atoms with van der Waals surface area (Å²) in [5.41, 5.74) is 0. The lowest BCUT2D eigenvalue weighted by Gasteiger charge is -2.02. The Bertz CT molecular complexity index is 466. The van der Waals surface area contributed by atoms with Crippen molar-refractivity contribution in [1.82, 2.24) is 0 Å². The van der Waals surface area contributed by atoms with E-state index in [-0.39, 0.29) is 5.76 Å². The molecule has 1 heterocycles. The summed E-state index contributed by atoms with van der Waals surface area (Å²) in [5, 5.41) is 6.85. The highest BCUT2D eigenvalue weighted by atomic mass is 32.2. The molecule has 0 radical (unpaired) electrons. The van der Waals surface area contributed by atoms with Gasteiger partial charge in [-0.1, -0.05) is 0 Å². The Hall–Kier alpha value is -1.61. The van der Waals surface area contributed by atoms with Gasteiger partial charge in [0.2, 0.25) is 11.0 Å². The van der Waals surface area contributed by atoms with Crippen LogP contribution in [0.5, 0.6) is 0 Å². The third kappa shape index (κ3) is 2.00. The number of Topliss-reactive ketones (excluding diaryl/α,β-unsaturated/α-hetero) is 1. The van der Waals surface area contributed by atoms with Gasteiger partial charge in [0.1, 0.15) is 0 Å². The Labute approximate surface area is 80.9 Å². The van der Waals surface area contributed by atoms with E-state index in [4.69, 9.17) is 9.68 Å². The van der Waals surface area contributed by atoms with Crippen LogP contribution in [0.3, 0.4) is 0 Å².